The predicted octanol–water partition coefficient (Wildman–Crippen LogP) is 3.17. The van der Waals surface area contributed by atoms with Crippen molar-refractivity contribution in [3.05, 3.63) is 41.3 Å². The lowest BCUT2D eigenvalue weighted by atomic mass is 10.1. The Kier molecular flexibility index (Phi) is 5.30. The van der Waals surface area contributed by atoms with Crippen LogP contribution in [0.4, 0.5) is 16.2 Å². The number of hydrogen-bond acceptors (Lipinski definition) is 5. The van der Waals surface area contributed by atoms with E-state index in [9.17, 15) is 4.79 Å². The Balaban J connectivity index is 1.57. The topological polar surface area (TPSA) is 70.4 Å². The quantitative estimate of drug-likeness (QED) is 0.890. The van der Waals surface area contributed by atoms with E-state index >= 15 is 0 Å². The molecule has 2 heterocycles. The molecule has 1 saturated heterocycles. The third-order valence-electron chi connectivity index (χ3n) is 3.94. The normalized spacial score (nSPS) is 14.5. The Morgan fingerprint density at radius 2 is 2.08 bits per heavy atom. The fourth-order valence-corrected chi connectivity index (χ4v) is 3.55. The minimum atomic E-state index is -0.249. The molecule has 128 valence electrons. The largest absolute Gasteiger partial charge is 0.370 e. The first kappa shape index (κ1) is 16.7. The van der Waals surface area contributed by atoms with Crippen molar-refractivity contribution >= 4 is 29.2 Å². The molecule has 0 unspecified atom stereocenters. The summed E-state index contributed by atoms with van der Waals surface area (Å²) < 4.78 is 4.98. The molecule has 0 atom stereocenters. The van der Waals surface area contributed by atoms with Gasteiger partial charge in [0.15, 0.2) is 0 Å². The first-order chi connectivity index (χ1) is 11.6. The van der Waals surface area contributed by atoms with Crippen molar-refractivity contribution in [1.82, 2.24) is 10.5 Å². The third-order valence-corrected chi connectivity index (χ3v) is 4.88. The molecule has 0 spiro atoms. The van der Waals surface area contributed by atoms with Crippen LogP contribution in [0.1, 0.15) is 17.0 Å². The van der Waals surface area contributed by atoms with Gasteiger partial charge in [-0.05, 0) is 37.6 Å². The number of urea groups is 1. The van der Waals surface area contributed by atoms with Crippen molar-refractivity contribution in [3.8, 4) is 0 Å². The lowest BCUT2D eigenvalue weighted by Crippen LogP contribution is -2.32. The molecule has 0 saturated carbocycles. The molecule has 3 rings (SSSR count). The summed E-state index contributed by atoms with van der Waals surface area (Å²) in [6, 6.07) is 7.72. The minimum Gasteiger partial charge on any atom is -0.370 e. The molecule has 1 aromatic carbocycles. The Bertz CT molecular complexity index is 710. The van der Waals surface area contributed by atoms with Crippen LogP contribution in [0.5, 0.6) is 0 Å². The molecule has 2 aromatic rings. The van der Waals surface area contributed by atoms with Gasteiger partial charge < -0.3 is 20.1 Å². The van der Waals surface area contributed by atoms with Crippen molar-refractivity contribution in [2.24, 2.45) is 0 Å². The highest BCUT2D eigenvalue weighted by Gasteiger charge is 2.13. The molecule has 0 bridgehead atoms. The summed E-state index contributed by atoms with van der Waals surface area (Å²) in [7, 11) is 0. The highest BCUT2D eigenvalue weighted by atomic mass is 32.2. The molecule has 1 aliphatic heterocycles. The van der Waals surface area contributed by atoms with E-state index in [-0.39, 0.29) is 6.03 Å². The standard InChI is InChI=1S/C17H22N4O2S/c1-12-9-15(21-5-7-24-8-6-21)3-4-16(12)19-17(22)18-11-14-10-13(2)23-20-14/h3-4,9-10H,5-8,11H2,1-2H3,(H2,18,19,22). The predicted molar refractivity (Wildman–Crippen MR) is 97.8 cm³/mol. The number of nitrogens with one attached hydrogen (secondary N) is 2. The van der Waals surface area contributed by atoms with Gasteiger partial charge >= 0.3 is 6.03 Å². The van der Waals surface area contributed by atoms with E-state index in [1.807, 2.05) is 31.7 Å². The van der Waals surface area contributed by atoms with E-state index in [4.69, 9.17) is 4.52 Å². The van der Waals surface area contributed by atoms with Gasteiger partial charge in [-0.3, -0.25) is 0 Å². The minimum absolute atomic E-state index is 0.249. The molecule has 24 heavy (non-hydrogen) atoms. The molecule has 0 radical (unpaired) electrons. The fourth-order valence-electron chi connectivity index (χ4n) is 2.64. The van der Waals surface area contributed by atoms with Crippen LogP contribution in [0.15, 0.2) is 28.8 Å². The second-order valence-corrected chi connectivity index (χ2v) is 7.06. The maximum absolute atomic E-state index is 12.0. The van der Waals surface area contributed by atoms with Crippen LogP contribution in [0.2, 0.25) is 0 Å². The number of thioether (sulfide) groups is 1. The molecule has 2 amide bonds. The summed E-state index contributed by atoms with van der Waals surface area (Å²) >= 11 is 2.00. The Labute approximate surface area is 146 Å². The van der Waals surface area contributed by atoms with Gasteiger partial charge in [-0.25, -0.2) is 4.79 Å². The maximum Gasteiger partial charge on any atom is 0.319 e. The molecular weight excluding hydrogens is 324 g/mol. The van der Waals surface area contributed by atoms with Crippen LogP contribution in [0.3, 0.4) is 0 Å². The van der Waals surface area contributed by atoms with Crippen LogP contribution in [0.25, 0.3) is 0 Å². The summed E-state index contributed by atoms with van der Waals surface area (Å²) in [6.45, 7) is 6.33. The van der Waals surface area contributed by atoms with E-state index in [0.717, 1.165) is 30.1 Å². The summed E-state index contributed by atoms with van der Waals surface area (Å²) in [5, 5.41) is 9.52. The maximum atomic E-state index is 12.0. The number of nitrogens with zero attached hydrogens (tertiary/aromatic N) is 2. The number of amides is 2. The van der Waals surface area contributed by atoms with Gasteiger partial charge in [0, 0.05) is 42.0 Å². The summed E-state index contributed by atoms with van der Waals surface area (Å²) in [6.07, 6.45) is 0. The highest BCUT2D eigenvalue weighted by molar-refractivity contribution is 7.99. The van der Waals surface area contributed by atoms with E-state index in [1.54, 1.807) is 6.07 Å². The molecule has 7 heteroatoms. The number of hydrogen-bond donors (Lipinski definition) is 2. The van der Waals surface area contributed by atoms with Gasteiger partial charge in [0.25, 0.3) is 0 Å². The zero-order valence-electron chi connectivity index (χ0n) is 14.0. The molecule has 1 aliphatic rings. The lowest BCUT2D eigenvalue weighted by Gasteiger charge is -2.29. The number of aryl methyl sites for hydroxylation is 2. The van der Waals surface area contributed by atoms with E-state index in [2.05, 4.69) is 32.8 Å². The number of aromatic nitrogens is 1. The number of rotatable bonds is 4. The summed E-state index contributed by atoms with van der Waals surface area (Å²) in [5.41, 5.74) is 3.80. The SMILES string of the molecule is Cc1cc(CNC(=O)Nc2ccc(N3CCSCC3)cc2C)no1. The van der Waals surface area contributed by atoms with E-state index in [0.29, 0.717) is 12.2 Å². The third kappa shape index (κ3) is 4.23. The van der Waals surface area contributed by atoms with Gasteiger partial charge in [0.05, 0.1) is 6.54 Å². The van der Waals surface area contributed by atoms with Crippen LogP contribution in [0, 0.1) is 13.8 Å². The Morgan fingerprint density at radius 1 is 1.29 bits per heavy atom. The number of carbonyl (C=O) groups is 1. The van der Waals surface area contributed by atoms with Crippen LogP contribution in [-0.4, -0.2) is 35.8 Å². The smallest absolute Gasteiger partial charge is 0.319 e. The molecule has 0 aliphatic carbocycles. The van der Waals surface area contributed by atoms with Gasteiger partial charge in [0.1, 0.15) is 11.5 Å². The average Bonchev–Trinajstić information content (AvgIpc) is 3.01. The highest BCUT2D eigenvalue weighted by Crippen LogP contribution is 2.24. The van der Waals surface area contributed by atoms with Gasteiger partial charge in [-0.1, -0.05) is 5.16 Å². The molecule has 2 N–H and O–H groups in total. The zero-order valence-corrected chi connectivity index (χ0v) is 14.8. The van der Waals surface area contributed by atoms with Gasteiger partial charge in [0.2, 0.25) is 0 Å². The number of benzene rings is 1. The van der Waals surface area contributed by atoms with Crippen molar-refractivity contribution in [2.45, 2.75) is 20.4 Å². The zero-order chi connectivity index (χ0) is 16.9. The van der Waals surface area contributed by atoms with E-state index < -0.39 is 0 Å². The van der Waals surface area contributed by atoms with Crippen molar-refractivity contribution in [1.29, 1.82) is 0 Å². The lowest BCUT2D eigenvalue weighted by molar-refractivity contribution is 0.251. The summed E-state index contributed by atoms with van der Waals surface area (Å²) in [5.74, 6) is 3.07. The van der Waals surface area contributed by atoms with Crippen molar-refractivity contribution in [3.63, 3.8) is 0 Å². The fraction of sp³-hybridized carbons (Fsp3) is 0.412. The Hall–Kier alpha value is -2.15. The number of anilines is 2. The first-order valence-electron chi connectivity index (χ1n) is 8.02. The first-order valence-corrected chi connectivity index (χ1v) is 9.18. The second kappa shape index (κ2) is 7.61. The van der Waals surface area contributed by atoms with Crippen LogP contribution < -0.4 is 15.5 Å². The summed E-state index contributed by atoms with van der Waals surface area (Å²) in [4.78, 5) is 14.4. The average molecular weight is 346 g/mol. The molecule has 1 fully saturated rings. The second-order valence-electron chi connectivity index (χ2n) is 5.84. The number of carbonyl (C=O) groups excluding carboxylic acids is 1. The van der Waals surface area contributed by atoms with Gasteiger partial charge in [-0.2, -0.15) is 11.8 Å². The van der Waals surface area contributed by atoms with E-state index in [1.165, 1.54) is 17.2 Å². The monoisotopic (exact) mass is 346 g/mol. The molecule has 6 nitrogen and oxygen atoms in total. The van der Waals surface area contributed by atoms with Gasteiger partial charge in [-0.15, -0.1) is 0 Å². The van der Waals surface area contributed by atoms with Crippen LogP contribution >= 0.6 is 11.8 Å². The Morgan fingerprint density at radius 3 is 2.75 bits per heavy atom. The van der Waals surface area contributed by atoms with Crippen molar-refractivity contribution in [2.75, 3.05) is 34.8 Å². The van der Waals surface area contributed by atoms with Crippen molar-refractivity contribution < 1.29 is 9.32 Å². The molecular formula is C17H22N4O2S. The van der Waals surface area contributed by atoms with Crippen LogP contribution in [-0.2, 0) is 6.54 Å². The molecule has 1 aromatic heterocycles.